The zero-order chi connectivity index (χ0) is 8.43. The van der Waals surface area contributed by atoms with Crippen molar-refractivity contribution in [2.75, 3.05) is 5.73 Å². The number of aliphatic hydroxyl groups excluding tert-OH is 1. The van der Waals surface area contributed by atoms with Crippen molar-refractivity contribution in [2.24, 2.45) is 0 Å². The maximum absolute atomic E-state index is 9.31. The van der Waals surface area contributed by atoms with Crippen LogP contribution in [0.5, 0.6) is 5.75 Å². The average molecular weight is 153 g/mol. The van der Waals surface area contributed by atoms with E-state index in [0.29, 0.717) is 16.8 Å². The Morgan fingerprint density at radius 1 is 1.45 bits per heavy atom. The van der Waals surface area contributed by atoms with E-state index in [1.807, 2.05) is 0 Å². The average Bonchev–Trinajstić information content (AvgIpc) is 1.96. The summed E-state index contributed by atoms with van der Waals surface area (Å²) in [7, 11) is 0. The summed E-state index contributed by atoms with van der Waals surface area (Å²) in [5, 5.41) is 18.1. The molecule has 1 rings (SSSR count). The van der Waals surface area contributed by atoms with Gasteiger partial charge in [0.15, 0.2) is 0 Å². The van der Waals surface area contributed by atoms with Crippen molar-refractivity contribution in [3.63, 3.8) is 0 Å². The van der Waals surface area contributed by atoms with Crippen LogP contribution in [0.3, 0.4) is 0 Å². The largest absolute Gasteiger partial charge is 0.507 e. The molecule has 0 radical (unpaired) electrons. The van der Waals surface area contributed by atoms with Crippen LogP contribution in [0.4, 0.5) is 5.69 Å². The van der Waals surface area contributed by atoms with Crippen LogP contribution >= 0.6 is 0 Å². The fraction of sp³-hybridized carbons (Fsp3) is 0.250. The number of hydrogen-bond donors (Lipinski definition) is 3. The van der Waals surface area contributed by atoms with E-state index in [-0.39, 0.29) is 12.4 Å². The van der Waals surface area contributed by atoms with E-state index in [1.54, 1.807) is 19.1 Å². The zero-order valence-electron chi connectivity index (χ0n) is 6.33. The molecule has 3 nitrogen and oxygen atoms in total. The monoisotopic (exact) mass is 153 g/mol. The second-order valence-corrected chi connectivity index (χ2v) is 2.50. The summed E-state index contributed by atoms with van der Waals surface area (Å²) in [6.45, 7) is 1.56. The standard InChI is InChI=1S/C8H11NO2/c1-5-2-7(9)3-6(4-10)8(5)11/h2-3,10-11H,4,9H2,1H3. The highest BCUT2D eigenvalue weighted by Crippen LogP contribution is 2.24. The third-order valence-electron chi connectivity index (χ3n) is 1.57. The molecule has 1 aromatic rings. The van der Waals surface area contributed by atoms with Crippen LogP contribution in [0.2, 0.25) is 0 Å². The molecule has 0 atom stereocenters. The molecular formula is C8H11NO2. The number of aromatic hydroxyl groups is 1. The Morgan fingerprint density at radius 2 is 2.09 bits per heavy atom. The number of hydrogen-bond acceptors (Lipinski definition) is 3. The van der Waals surface area contributed by atoms with Gasteiger partial charge in [0.25, 0.3) is 0 Å². The van der Waals surface area contributed by atoms with Gasteiger partial charge in [0.1, 0.15) is 5.75 Å². The predicted octanol–water partition coefficient (Wildman–Crippen LogP) is 0.775. The Bertz CT molecular complexity index is 271. The van der Waals surface area contributed by atoms with Crippen molar-refractivity contribution >= 4 is 5.69 Å². The van der Waals surface area contributed by atoms with E-state index in [1.165, 1.54) is 0 Å². The van der Waals surface area contributed by atoms with Gasteiger partial charge < -0.3 is 15.9 Å². The van der Waals surface area contributed by atoms with E-state index in [2.05, 4.69) is 0 Å². The zero-order valence-corrected chi connectivity index (χ0v) is 6.33. The molecule has 0 unspecified atom stereocenters. The lowest BCUT2D eigenvalue weighted by Gasteiger charge is -2.05. The van der Waals surface area contributed by atoms with Crippen LogP contribution in [-0.2, 0) is 6.61 Å². The molecule has 0 aliphatic rings. The van der Waals surface area contributed by atoms with Crippen molar-refractivity contribution in [2.45, 2.75) is 13.5 Å². The van der Waals surface area contributed by atoms with Gasteiger partial charge >= 0.3 is 0 Å². The molecule has 11 heavy (non-hydrogen) atoms. The van der Waals surface area contributed by atoms with E-state index < -0.39 is 0 Å². The van der Waals surface area contributed by atoms with Gasteiger partial charge in [0.05, 0.1) is 6.61 Å². The Kier molecular flexibility index (Phi) is 2.01. The first-order valence-corrected chi connectivity index (χ1v) is 3.34. The van der Waals surface area contributed by atoms with Crippen LogP contribution in [0.25, 0.3) is 0 Å². The topological polar surface area (TPSA) is 66.5 Å². The number of rotatable bonds is 1. The summed E-state index contributed by atoms with van der Waals surface area (Å²) in [5.41, 5.74) is 7.20. The lowest BCUT2D eigenvalue weighted by atomic mass is 10.1. The number of nitrogens with two attached hydrogens (primary N) is 1. The molecule has 0 aliphatic heterocycles. The SMILES string of the molecule is Cc1cc(N)cc(CO)c1O. The van der Waals surface area contributed by atoms with E-state index in [9.17, 15) is 5.11 Å². The van der Waals surface area contributed by atoms with Gasteiger partial charge in [-0.2, -0.15) is 0 Å². The van der Waals surface area contributed by atoms with Crippen molar-refractivity contribution in [1.82, 2.24) is 0 Å². The first-order chi connectivity index (χ1) is 5.15. The van der Waals surface area contributed by atoms with E-state index in [4.69, 9.17) is 10.8 Å². The van der Waals surface area contributed by atoms with Crippen LogP contribution in [0.15, 0.2) is 12.1 Å². The fourth-order valence-electron chi connectivity index (χ4n) is 1.00. The lowest BCUT2D eigenvalue weighted by Crippen LogP contribution is -1.92. The smallest absolute Gasteiger partial charge is 0.124 e. The Morgan fingerprint density at radius 3 is 2.64 bits per heavy atom. The molecule has 0 fully saturated rings. The molecule has 4 N–H and O–H groups in total. The van der Waals surface area contributed by atoms with Crippen molar-refractivity contribution in [3.05, 3.63) is 23.3 Å². The molecule has 3 heteroatoms. The first-order valence-electron chi connectivity index (χ1n) is 3.34. The molecule has 0 saturated heterocycles. The predicted molar refractivity (Wildman–Crippen MR) is 43.2 cm³/mol. The molecule has 0 bridgehead atoms. The molecule has 0 amide bonds. The van der Waals surface area contributed by atoms with Crippen molar-refractivity contribution in [1.29, 1.82) is 0 Å². The minimum Gasteiger partial charge on any atom is -0.507 e. The maximum atomic E-state index is 9.31. The molecule has 0 saturated carbocycles. The minimum absolute atomic E-state index is 0.127. The van der Waals surface area contributed by atoms with Gasteiger partial charge in [-0.3, -0.25) is 0 Å². The maximum Gasteiger partial charge on any atom is 0.124 e. The number of phenols is 1. The summed E-state index contributed by atoms with van der Waals surface area (Å²) in [6, 6.07) is 3.22. The summed E-state index contributed by atoms with van der Waals surface area (Å²) in [5.74, 6) is 0.127. The Labute approximate surface area is 65.1 Å². The third kappa shape index (κ3) is 1.43. The lowest BCUT2D eigenvalue weighted by molar-refractivity contribution is 0.275. The van der Waals surface area contributed by atoms with Gasteiger partial charge in [0.2, 0.25) is 0 Å². The van der Waals surface area contributed by atoms with E-state index >= 15 is 0 Å². The second kappa shape index (κ2) is 2.80. The molecule has 1 aromatic carbocycles. The van der Waals surface area contributed by atoms with Gasteiger partial charge in [-0.25, -0.2) is 0 Å². The fourth-order valence-corrected chi connectivity index (χ4v) is 1.00. The van der Waals surface area contributed by atoms with Gasteiger partial charge in [-0.05, 0) is 24.6 Å². The van der Waals surface area contributed by atoms with Gasteiger partial charge in [-0.15, -0.1) is 0 Å². The quantitative estimate of drug-likeness (QED) is 0.412. The Balaban J connectivity index is 3.24. The van der Waals surface area contributed by atoms with Gasteiger partial charge in [0, 0.05) is 11.3 Å². The highest BCUT2D eigenvalue weighted by Gasteiger charge is 2.03. The van der Waals surface area contributed by atoms with Crippen molar-refractivity contribution < 1.29 is 10.2 Å². The Hall–Kier alpha value is -1.22. The summed E-state index contributed by atoms with van der Waals surface area (Å²) < 4.78 is 0. The van der Waals surface area contributed by atoms with Crippen LogP contribution in [0, 0.1) is 6.92 Å². The number of anilines is 1. The number of aliphatic hydroxyl groups is 1. The van der Waals surface area contributed by atoms with Crippen LogP contribution in [-0.4, -0.2) is 10.2 Å². The first kappa shape index (κ1) is 7.88. The van der Waals surface area contributed by atoms with E-state index in [0.717, 1.165) is 0 Å². The normalized spacial score (nSPS) is 10.0. The highest BCUT2D eigenvalue weighted by atomic mass is 16.3. The number of aryl methyl sites for hydroxylation is 1. The third-order valence-corrected chi connectivity index (χ3v) is 1.57. The minimum atomic E-state index is -0.183. The number of nitrogen functional groups attached to an aromatic ring is 1. The number of benzene rings is 1. The molecule has 60 valence electrons. The van der Waals surface area contributed by atoms with Gasteiger partial charge in [-0.1, -0.05) is 0 Å². The van der Waals surface area contributed by atoms with Crippen LogP contribution < -0.4 is 5.73 Å². The molecule has 0 heterocycles. The highest BCUT2D eigenvalue weighted by molar-refractivity contribution is 5.51. The summed E-state index contributed by atoms with van der Waals surface area (Å²) in [4.78, 5) is 0. The molecule has 0 aromatic heterocycles. The summed E-state index contributed by atoms with van der Waals surface area (Å²) in [6.07, 6.45) is 0. The summed E-state index contributed by atoms with van der Waals surface area (Å²) >= 11 is 0. The second-order valence-electron chi connectivity index (χ2n) is 2.50. The molecular weight excluding hydrogens is 142 g/mol. The van der Waals surface area contributed by atoms with Crippen LogP contribution in [0.1, 0.15) is 11.1 Å². The molecule has 0 spiro atoms. The van der Waals surface area contributed by atoms with Crippen molar-refractivity contribution in [3.8, 4) is 5.75 Å². The molecule has 0 aliphatic carbocycles.